The van der Waals surface area contributed by atoms with Crippen molar-refractivity contribution in [2.24, 2.45) is 5.41 Å². The number of rotatable bonds is 6. The summed E-state index contributed by atoms with van der Waals surface area (Å²) in [6.45, 7) is 4.79. The molecule has 0 fully saturated rings. The van der Waals surface area contributed by atoms with E-state index in [0.717, 1.165) is 0 Å². The molecule has 0 aromatic heterocycles. The molecule has 0 aliphatic heterocycles. The van der Waals surface area contributed by atoms with Crippen LogP contribution in [0.1, 0.15) is 20.3 Å². The van der Waals surface area contributed by atoms with E-state index in [4.69, 9.17) is 5.11 Å². The average Bonchev–Trinajstić information content (AvgIpc) is 2.26. The number of aliphatic hydroxyl groups is 1. The van der Waals surface area contributed by atoms with Crippen molar-refractivity contribution in [1.29, 1.82) is 0 Å². The number of para-hydroxylation sites is 1. The van der Waals surface area contributed by atoms with E-state index in [1.54, 1.807) is 24.3 Å². The molecular formula is C13H21NO3S. The van der Waals surface area contributed by atoms with Gasteiger partial charge in [-0.25, -0.2) is 8.42 Å². The fraction of sp³-hybridized carbons (Fsp3) is 0.538. The zero-order valence-corrected chi connectivity index (χ0v) is 11.9. The second-order valence-electron chi connectivity index (χ2n) is 5.26. The van der Waals surface area contributed by atoms with Crippen molar-refractivity contribution in [3.05, 3.63) is 24.3 Å². The summed E-state index contributed by atoms with van der Waals surface area (Å²) in [5.41, 5.74) is 0.533. The van der Waals surface area contributed by atoms with Gasteiger partial charge in [0.1, 0.15) is 0 Å². The van der Waals surface area contributed by atoms with Crippen molar-refractivity contribution in [3.8, 4) is 0 Å². The Hall–Kier alpha value is -1.07. The molecule has 0 bridgehead atoms. The van der Waals surface area contributed by atoms with Crippen molar-refractivity contribution in [2.45, 2.75) is 25.2 Å². The molecule has 0 spiro atoms. The first-order valence-electron chi connectivity index (χ1n) is 5.90. The van der Waals surface area contributed by atoms with Crippen LogP contribution in [0.15, 0.2) is 29.2 Å². The van der Waals surface area contributed by atoms with Gasteiger partial charge in [0.05, 0.1) is 10.6 Å². The third-order valence-corrected chi connectivity index (χ3v) is 3.99. The number of anilines is 1. The van der Waals surface area contributed by atoms with E-state index >= 15 is 0 Å². The van der Waals surface area contributed by atoms with Crippen molar-refractivity contribution in [2.75, 3.05) is 24.7 Å². The Balaban J connectivity index is 2.86. The number of nitrogens with one attached hydrogen (secondary N) is 1. The molecule has 18 heavy (non-hydrogen) atoms. The SMILES string of the molecule is CC(C)(CCO)CNc1ccccc1S(C)(=O)=O. The molecule has 2 N–H and O–H groups in total. The van der Waals surface area contributed by atoms with E-state index in [-0.39, 0.29) is 12.0 Å². The van der Waals surface area contributed by atoms with Crippen molar-refractivity contribution in [1.82, 2.24) is 0 Å². The van der Waals surface area contributed by atoms with Crippen LogP contribution in [0.4, 0.5) is 5.69 Å². The molecular weight excluding hydrogens is 250 g/mol. The van der Waals surface area contributed by atoms with E-state index in [1.807, 2.05) is 13.8 Å². The fourth-order valence-corrected chi connectivity index (χ4v) is 2.53. The highest BCUT2D eigenvalue weighted by Crippen LogP contribution is 2.24. The molecule has 1 aromatic carbocycles. The van der Waals surface area contributed by atoms with Crippen LogP contribution in [0.5, 0.6) is 0 Å². The third kappa shape index (κ3) is 4.31. The average molecular weight is 271 g/mol. The van der Waals surface area contributed by atoms with Crippen LogP contribution < -0.4 is 5.32 Å². The normalized spacial score (nSPS) is 12.4. The molecule has 1 rings (SSSR count). The Morgan fingerprint density at radius 3 is 2.44 bits per heavy atom. The molecule has 0 amide bonds. The molecule has 0 saturated carbocycles. The van der Waals surface area contributed by atoms with Crippen molar-refractivity contribution in [3.63, 3.8) is 0 Å². The Morgan fingerprint density at radius 2 is 1.89 bits per heavy atom. The number of benzene rings is 1. The monoisotopic (exact) mass is 271 g/mol. The fourth-order valence-electron chi connectivity index (χ4n) is 1.66. The lowest BCUT2D eigenvalue weighted by Crippen LogP contribution is -2.24. The van der Waals surface area contributed by atoms with E-state index in [0.29, 0.717) is 23.5 Å². The molecule has 0 aliphatic rings. The summed E-state index contributed by atoms with van der Waals surface area (Å²) in [6.07, 6.45) is 1.87. The number of aliphatic hydroxyl groups excluding tert-OH is 1. The molecule has 0 radical (unpaired) electrons. The van der Waals surface area contributed by atoms with Crippen LogP contribution in [0.3, 0.4) is 0 Å². The maximum atomic E-state index is 11.6. The Kier molecular flexibility index (Phi) is 4.76. The molecule has 0 atom stereocenters. The topological polar surface area (TPSA) is 66.4 Å². The van der Waals surface area contributed by atoms with Crippen LogP contribution in [0.2, 0.25) is 0 Å². The number of hydrogen-bond acceptors (Lipinski definition) is 4. The van der Waals surface area contributed by atoms with E-state index < -0.39 is 9.84 Å². The number of hydrogen-bond donors (Lipinski definition) is 2. The van der Waals surface area contributed by atoms with Gasteiger partial charge in [-0.1, -0.05) is 26.0 Å². The summed E-state index contributed by atoms with van der Waals surface area (Å²) >= 11 is 0. The first kappa shape index (κ1) is 15.0. The van der Waals surface area contributed by atoms with Gasteiger partial charge in [0, 0.05) is 19.4 Å². The van der Waals surface area contributed by atoms with E-state index in [2.05, 4.69) is 5.32 Å². The van der Waals surface area contributed by atoms with Gasteiger partial charge in [-0.2, -0.15) is 0 Å². The van der Waals surface area contributed by atoms with Crippen LogP contribution in [-0.4, -0.2) is 32.9 Å². The van der Waals surface area contributed by atoms with Gasteiger partial charge in [-0.15, -0.1) is 0 Å². The van der Waals surface area contributed by atoms with Crippen LogP contribution >= 0.6 is 0 Å². The molecule has 1 aromatic rings. The van der Waals surface area contributed by atoms with Gasteiger partial charge in [0.15, 0.2) is 9.84 Å². The lowest BCUT2D eigenvalue weighted by molar-refractivity contribution is 0.220. The second kappa shape index (κ2) is 5.71. The molecule has 0 unspecified atom stereocenters. The third-order valence-electron chi connectivity index (χ3n) is 2.83. The van der Waals surface area contributed by atoms with Crippen LogP contribution in [-0.2, 0) is 9.84 Å². The lowest BCUT2D eigenvalue weighted by Gasteiger charge is -2.25. The minimum absolute atomic E-state index is 0.0840. The van der Waals surface area contributed by atoms with Gasteiger partial charge < -0.3 is 10.4 Å². The molecule has 4 nitrogen and oxygen atoms in total. The smallest absolute Gasteiger partial charge is 0.177 e. The summed E-state index contributed by atoms with van der Waals surface area (Å²) in [5.74, 6) is 0. The summed E-state index contributed by atoms with van der Waals surface area (Å²) in [6, 6.07) is 6.86. The molecule has 5 heteroatoms. The van der Waals surface area contributed by atoms with Gasteiger partial charge in [-0.05, 0) is 24.0 Å². The quantitative estimate of drug-likeness (QED) is 0.829. The van der Waals surface area contributed by atoms with E-state index in [9.17, 15) is 8.42 Å². The Morgan fingerprint density at radius 1 is 1.28 bits per heavy atom. The maximum Gasteiger partial charge on any atom is 0.177 e. The van der Waals surface area contributed by atoms with E-state index in [1.165, 1.54) is 6.26 Å². The van der Waals surface area contributed by atoms with Crippen LogP contribution in [0.25, 0.3) is 0 Å². The van der Waals surface area contributed by atoms with Gasteiger partial charge in [-0.3, -0.25) is 0 Å². The van der Waals surface area contributed by atoms with Crippen molar-refractivity contribution >= 4 is 15.5 Å². The predicted octanol–water partition coefficient (Wildman–Crippen LogP) is 1.91. The van der Waals surface area contributed by atoms with Gasteiger partial charge in [0.25, 0.3) is 0 Å². The molecule has 0 aliphatic carbocycles. The number of sulfone groups is 1. The predicted molar refractivity (Wildman–Crippen MR) is 73.5 cm³/mol. The summed E-state index contributed by atoms with van der Waals surface area (Å²) in [7, 11) is -3.23. The Bertz CT molecular complexity index is 495. The highest BCUT2D eigenvalue weighted by molar-refractivity contribution is 7.90. The minimum atomic E-state index is -3.23. The first-order valence-corrected chi connectivity index (χ1v) is 7.79. The summed E-state index contributed by atoms with van der Waals surface area (Å²) < 4.78 is 23.2. The Labute approximate surface area is 109 Å². The first-order chi connectivity index (χ1) is 8.26. The van der Waals surface area contributed by atoms with Gasteiger partial charge >= 0.3 is 0 Å². The van der Waals surface area contributed by atoms with Gasteiger partial charge in [0.2, 0.25) is 0 Å². The minimum Gasteiger partial charge on any atom is -0.396 e. The maximum absolute atomic E-state index is 11.6. The zero-order valence-electron chi connectivity index (χ0n) is 11.1. The second-order valence-corrected chi connectivity index (χ2v) is 7.24. The molecule has 0 heterocycles. The highest BCUT2D eigenvalue weighted by atomic mass is 32.2. The zero-order chi connectivity index (χ0) is 13.8. The van der Waals surface area contributed by atoms with Crippen LogP contribution in [0, 0.1) is 5.41 Å². The summed E-state index contributed by atoms with van der Waals surface area (Å²) in [4.78, 5) is 0.310. The molecule has 102 valence electrons. The summed E-state index contributed by atoms with van der Waals surface area (Å²) in [5, 5.41) is 12.1. The van der Waals surface area contributed by atoms with Crippen molar-refractivity contribution < 1.29 is 13.5 Å². The standard InChI is InChI=1S/C13H21NO3S/c1-13(2,8-9-15)10-14-11-6-4-5-7-12(11)18(3,16)17/h4-7,14-15H,8-10H2,1-3H3. The lowest BCUT2D eigenvalue weighted by atomic mass is 9.90. The largest absolute Gasteiger partial charge is 0.396 e. The highest BCUT2D eigenvalue weighted by Gasteiger charge is 2.19. The molecule has 0 saturated heterocycles.